The van der Waals surface area contributed by atoms with E-state index in [-0.39, 0.29) is 16.2 Å². The van der Waals surface area contributed by atoms with Gasteiger partial charge < -0.3 is 18.6 Å². The number of nitrogens with zero attached hydrogens (tertiary/aromatic N) is 3. The van der Waals surface area contributed by atoms with Gasteiger partial charge in [0, 0.05) is 11.3 Å². The standard InChI is InChI=1S/C31H45ClN4O3Si2/c1-20-25(17-16-23(19-33)26(20)32)34-27(21(2)38-40(9,10)30(3,4)5)29-36-35-28(37-29)22-14-13-15-24(18-22)39-41(11,12)31(6,7)8/h13-18,21,27,34H,1-12H3/t21-,27-/m1/s1. The van der Waals surface area contributed by atoms with E-state index in [0.29, 0.717) is 22.4 Å². The maximum atomic E-state index is 9.41. The van der Waals surface area contributed by atoms with E-state index >= 15 is 0 Å². The van der Waals surface area contributed by atoms with Gasteiger partial charge in [0.05, 0.1) is 16.7 Å². The average Bonchev–Trinajstić information content (AvgIpc) is 3.33. The summed E-state index contributed by atoms with van der Waals surface area (Å²) in [5.41, 5.74) is 2.76. The van der Waals surface area contributed by atoms with Crippen LogP contribution in [0.15, 0.2) is 40.8 Å². The number of hydrogen-bond donors (Lipinski definition) is 1. The third kappa shape index (κ3) is 7.41. The second kappa shape index (κ2) is 11.9. The molecule has 2 atom stereocenters. The fourth-order valence-electron chi connectivity index (χ4n) is 3.80. The first-order valence-electron chi connectivity index (χ1n) is 14.0. The minimum absolute atomic E-state index is 0.0179. The third-order valence-corrected chi connectivity index (χ3v) is 18.0. The summed E-state index contributed by atoms with van der Waals surface area (Å²) >= 11 is 6.50. The highest BCUT2D eigenvalue weighted by Gasteiger charge is 2.41. The number of nitrogens with one attached hydrogen (secondary N) is 1. The zero-order chi connectivity index (χ0) is 31.0. The van der Waals surface area contributed by atoms with Crippen LogP contribution in [0.4, 0.5) is 5.69 Å². The second-order valence-electron chi connectivity index (χ2n) is 13.8. The van der Waals surface area contributed by atoms with E-state index in [2.05, 4.69) is 89.3 Å². The molecule has 0 fully saturated rings. The first kappa shape index (κ1) is 32.9. The van der Waals surface area contributed by atoms with Crippen molar-refractivity contribution < 1.29 is 13.3 Å². The Kier molecular flexibility index (Phi) is 9.55. The smallest absolute Gasteiger partial charge is 0.250 e. The number of anilines is 1. The molecule has 1 N–H and O–H groups in total. The molecule has 0 radical (unpaired) electrons. The van der Waals surface area contributed by atoms with Gasteiger partial charge in [0.25, 0.3) is 0 Å². The lowest BCUT2D eigenvalue weighted by Crippen LogP contribution is -2.45. The summed E-state index contributed by atoms with van der Waals surface area (Å²) in [6.45, 7) is 26.1. The topological polar surface area (TPSA) is 93.2 Å². The number of rotatable bonds is 9. The molecular formula is C31H45ClN4O3Si2. The predicted molar refractivity (Wildman–Crippen MR) is 173 cm³/mol. The van der Waals surface area contributed by atoms with Crippen LogP contribution in [0.1, 0.15) is 71.5 Å². The molecule has 1 aromatic heterocycles. The minimum Gasteiger partial charge on any atom is -0.543 e. The number of halogens is 1. The van der Waals surface area contributed by atoms with Crippen LogP contribution in [0.5, 0.6) is 5.75 Å². The molecule has 0 saturated heterocycles. The lowest BCUT2D eigenvalue weighted by atomic mass is 10.1. The summed E-state index contributed by atoms with van der Waals surface area (Å²) in [7, 11) is -4.15. The van der Waals surface area contributed by atoms with Crippen LogP contribution in [-0.4, -0.2) is 32.9 Å². The fraction of sp³-hybridized carbons (Fsp3) is 0.516. The Labute approximate surface area is 252 Å². The molecule has 1 heterocycles. The van der Waals surface area contributed by atoms with Crippen molar-refractivity contribution in [3.63, 3.8) is 0 Å². The van der Waals surface area contributed by atoms with Crippen LogP contribution in [-0.2, 0) is 4.43 Å². The zero-order valence-corrected chi connectivity index (χ0v) is 29.3. The number of benzene rings is 2. The minimum atomic E-state index is -2.13. The number of hydrogen-bond acceptors (Lipinski definition) is 7. The summed E-state index contributed by atoms with van der Waals surface area (Å²) in [5.74, 6) is 1.60. The molecule has 3 rings (SSSR count). The van der Waals surface area contributed by atoms with Crippen molar-refractivity contribution in [2.24, 2.45) is 0 Å². The van der Waals surface area contributed by atoms with Crippen LogP contribution in [0.2, 0.25) is 41.3 Å². The van der Waals surface area contributed by atoms with Crippen molar-refractivity contribution in [1.82, 2.24) is 10.2 Å². The highest BCUT2D eigenvalue weighted by molar-refractivity contribution is 6.75. The Balaban J connectivity index is 2.00. The van der Waals surface area contributed by atoms with Crippen molar-refractivity contribution in [2.75, 3.05) is 5.32 Å². The molecule has 0 aliphatic carbocycles. The molecule has 41 heavy (non-hydrogen) atoms. The normalized spacial score (nSPS) is 14.3. The number of nitriles is 1. The third-order valence-electron chi connectivity index (χ3n) is 8.54. The van der Waals surface area contributed by atoms with Gasteiger partial charge in [-0.2, -0.15) is 5.26 Å². The SMILES string of the molecule is Cc1c(N[C@@H](c2nnc(-c3cccc(O[Si](C)(C)C(C)(C)C)c3)o2)[C@@H](C)O[Si](C)(C)C(C)(C)C)ccc(C#N)c1Cl. The Hall–Kier alpha value is -2.65. The van der Waals surface area contributed by atoms with E-state index in [1.165, 1.54) is 0 Å². The molecule has 0 amide bonds. The molecule has 0 spiro atoms. The van der Waals surface area contributed by atoms with Crippen LogP contribution < -0.4 is 9.74 Å². The maximum Gasteiger partial charge on any atom is 0.250 e. The lowest BCUT2D eigenvalue weighted by molar-refractivity contribution is 0.166. The molecule has 3 aromatic rings. The molecule has 0 saturated carbocycles. The quantitative estimate of drug-likeness (QED) is 0.240. The average molecular weight is 613 g/mol. The molecule has 0 unspecified atom stereocenters. The van der Waals surface area contributed by atoms with Crippen LogP contribution in [0.3, 0.4) is 0 Å². The molecule has 7 nitrogen and oxygen atoms in total. The summed E-state index contributed by atoms with van der Waals surface area (Å²) in [6.07, 6.45) is -0.300. The molecule has 0 aliphatic rings. The first-order valence-corrected chi connectivity index (χ1v) is 20.2. The van der Waals surface area contributed by atoms with Gasteiger partial charge in [-0.05, 0) is 86.0 Å². The summed E-state index contributed by atoms with van der Waals surface area (Å²) in [6, 6.07) is 13.1. The van der Waals surface area contributed by atoms with E-state index in [0.717, 1.165) is 22.6 Å². The molecular weight excluding hydrogens is 568 g/mol. The molecule has 2 aromatic carbocycles. The summed E-state index contributed by atoms with van der Waals surface area (Å²) in [5, 5.41) is 22.3. The Morgan fingerprint density at radius 3 is 2.20 bits per heavy atom. The Bertz CT molecular complexity index is 1420. The number of aromatic nitrogens is 2. The van der Waals surface area contributed by atoms with E-state index in [1.54, 1.807) is 6.07 Å². The summed E-state index contributed by atoms with van der Waals surface area (Å²) in [4.78, 5) is 0. The predicted octanol–water partition coefficient (Wildman–Crippen LogP) is 9.52. The van der Waals surface area contributed by atoms with Gasteiger partial charge in [0.2, 0.25) is 20.1 Å². The highest BCUT2D eigenvalue weighted by Crippen LogP contribution is 2.41. The second-order valence-corrected chi connectivity index (χ2v) is 23.6. The van der Waals surface area contributed by atoms with Gasteiger partial charge in [0.1, 0.15) is 17.9 Å². The summed E-state index contributed by atoms with van der Waals surface area (Å²) < 4.78 is 19.6. The zero-order valence-electron chi connectivity index (χ0n) is 26.6. The maximum absolute atomic E-state index is 9.41. The first-order chi connectivity index (χ1) is 18.8. The van der Waals surface area contributed by atoms with Gasteiger partial charge in [-0.15, -0.1) is 10.2 Å². The Morgan fingerprint density at radius 2 is 1.61 bits per heavy atom. The van der Waals surface area contributed by atoms with E-state index < -0.39 is 22.7 Å². The molecule has 0 bridgehead atoms. The van der Waals surface area contributed by atoms with Crippen molar-refractivity contribution in [3.05, 3.63) is 58.4 Å². The van der Waals surface area contributed by atoms with E-state index in [1.807, 2.05) is 44.2 Å². The molecule has 0 aliphatic heterocycles. The fourth-order valence-corrected chi connectivity index (χ4v) is 6.45. The largest absolute Gasteiger partial charge is 0.543 e. The van der Waals surface area contributed by atoms with Gasteiger partial charge in [0.15, 0.2) is 8.32 Å². The molecule has 10 heteroatoms. The van der Waals surface area contributed by atoms with Gasteiger partial charge in [-0.1, -0.05) is 59.2 Å². The van der Waals surface area contributed by atoms with Crippen molar-refractivity contribution in [1.29, 1.82) is 5.26 Å². The van der Waals surface area contributed by atoms with Crippen molar-refractivity contribution >= 4 is 33.9 Å². The van der Waals surface area contributed by atoms with Crippen LogP contribution >= 0.6 is 11.6 Å². The van der Waals surface area contributed by atoms with Gasteiger partial charge >= 0.3 is 0 Å². The highest BCUT2D eigenvalue weighted by atomic mass is 35.5. The van der Waals surface area contributed by atoms with Crippen LogP contribution in [0, 0.1) is 18.3 Å². The monoisotopic (exact) mass is 612 g/mol. The van der Waals surface area contributed by atoms with Gasteiger partial charge in [-0.25, -0.2) is 0 Å². The van der Waals surface area contributed by atoms with Gasteiger partial charge in [-0.3, -0.25) is 0 Å². The van der Waals surface area contributed by atoms with Crippen molar-refractivity contribution in [3.8, 4) is 23.3 Å². The lowest BCUT2D eigenvalue weighted by Gasteiger charge is -2.40. The van der Waals surface area contributed by atoms with E-state index in [9.17, 15) is 5.26 Å². The Morgan fingerprint density at radius 1 is 0.976 bits per heavy atom. The van der Waals surface area contributed by atoms with Crippen molar-refractivity contribution in [2.45, 2.75) is 104 Å². The van der Waals surface area contributed by atoms with E-state index in [4.69, 9.17) is 24.9 Å². The van der Waals surface area contributed by atoms with Crippen LogP contribution in [0.25, 0.3) is 11.5 Å². The molecule has 222 valence electrons.